The zero-order valence-corrected chi connectivity index (χ0v) is 8.02. The molecular formula is C8H14N2O4. The Labute approximate surface area is 81.8 Å². The molecule has 1 fully saturated rings. The molecule has 0 atom stereocenters. The average molecular weight is 202 g/mol. The lowest BCUT2D eigenvalue weighted by atomic mass is 10.1. The molecule has 0 spiro atoms. The molecule has 1 aliphatic heterocycles. The van der Waals surface area contributed by atoms with Crippen LogP contribution in [0, 0.1) is 0 Å². The molecule has 0 aromatic carbocycles. The molecule has 0 aromatic rings. The molecule has 1 heterocycles. The number of nitrogens with zero attached hydrogens (tertiary/aromatic N) is 1. The maximum atomic E-state index is 10.9. The first-order valence-corrected chi connectivity index (χ1v) is 4.50. The van der Waals surface area contributed by atoms with E-state index in [4.69, 9.17) is 9.84 Å². The van der Waals surface area contributed by atoms with Crippen molar-refractivity contribution >= 4 is 12.1 Å². The quantitative estimate of drug-likeness (QED) is 0.601. The first kappa shape index (κ1) is 10.8. The van der Waals surface area contributed by atoms with Crippen molar-refractivity contribution in [2.45, 2.75) is 13.0 Å². The van der Waals surface area contributed by atoms with Crippen LogP contribution in [0.1, 0.15) is 6.92 Å². The number of esters is 1. The molecule has 1 amide bonds. The molecule has 0 radical (unpaired) electrons. The fourth-order valence-electron chi connectivity index (χ4n) is 1.20. The van der Waals surface area contributed by atoms with Gasteiger partial charge in [0, 0.05) is 19.1 Å². The minimum Gasteiger partial charge on any atom is -0.465 e. The molecule has 2 N–H and O–H groups in total. The van der Waals surface area contributed by atoms with Crippen LogP contribution < -0.4 is 5.32 Å². The van der Waals surface area contributed by atoms with Gasteiger partial charge in [0.25, 0.3) is 0 Å². The highest BCUT2D eigenvalue weighted by Crippen LogP contribution is 2.06. The summed E-state index contributed by atoms with van der Waals surface area (Å²) >= 11 is 0. The highest BCUT2D eigenvalue weighted by atomic mass is 16.5. The van der Waals surface area contributed by atoms with E-state index in [1.165, 1.54) is 4.90 Å². The second kappa shape index (κ2) is 4.80. The Bertz CT molecular complexity index is 225. The lowest BCUT2D eigenvalue weighted by molar-refractivity contribution is -0.142. The summed E-state index contributed by atoms with van der Waals surface area (Å²) < 4.78 is 4.70. The molecule has 0 unspecified atom stereocenters. The zero-order chi connectivity index (χ0) is 10.6. The standard InChI is InChI=1S/C8H14N2O4/c1-2-14-7(11)3-9-6-4-10(5-6)8(12)13/h6,9H,2-5H2,1H3,(H,12,13). The van der Waals surface area contributed by atoms with Crippen LogP contribution in [0.4, 0.5) is 4.79 Å². The first-order chi connectivity index (χ1) is 6.63. The van der Waals surface area contributed by atoms with Crippen molar-refractivity contribution in [1.82, 2.24) is 10.2 Å². The van der Waals surface area contributed by atoms with Crippen molar-refractivity contribution in [1.29, 1.82) is 0 Å². The van der Waals surface area contributed by atoms with Gasteiger partial charge in [-0.2, -0.15) is 0 Å². The molecule has 1 rings (SSSR count). The summed E-state index contributed by atoms with van der Waals surface area (Å²) in [6.45, 7) is 3.13. The third kappa shape index (κ3) is 2.88. The lowest BCUT2D eigenvalue weighted by Crippen LogP contribution is -2.60. The van der Waals surface area contributed by atoms with Crippen molar-refractivity contribution in [2.75, 3.05) is 26.2 Å². The van der Waals surface area contributed by atoms with E-state index in [1.807, 2.05) is 0 Å². The Morgan fingerprint density at radius 2 is 2.21 bits per heavy atom. The van der Waals surface area contributed by atoms with E-state index < -0.39 is 6.09 Å². The number of ether oxygens (including phenoxy) is 1. The molecule has 14 heavy (non-hydrogen) atoms. The highest BCUT2D eigenvalue weighted by molar-refractivity contribution is 5.71. The number of hydrogen-bond acceptors (Lipinski definition) is 4. The van der Waals surface area contributed by atoms with E-state index in [-0.39, 0.29) is 18.6 Å². The summed E-state index contributed by atoms with van der Waals surface area (Å²) in [6.07, 6.45) is -0.917. The molecule has 6 heteroatoms. The topological polar surface area (TPSA) is 78.9 Å². The normalized spacial score (nSPS) is 16.2. The van der Waals surface area contributed by atoms with Gasteiger partial charge in [0.2, 0.25) is 0 Å². The van der Waals surface area contributed by atoms with Crippen molar-refractivity contribution in [3.63, 3.8) is 0 Å². The van der Waals surface area contributed by atoms with Gasteiger partial charge < -0.3 is 20.1 Å². The largest absolute Gasteiger partial charge is 0.465 e. The second-order valence-electron chi connectivity index (χ2n) is 3.07. The van der Waals surface area contributed by atoms with Crippen LogP contribution in [0.15, 0.2) is 0 Å². The molecule has 0 saturated carbocycles. The van der Waals surface area contributed by atoms with Gasteiger partial charge in [0.1, 0.15) is 0 Å². The molecule has 1 saturated heterocycles. The Morgan fingerprint density at radius 1 is 1.57 bits per heavy atom. The van der Waals surface area contributed by atoms with Gasteiger partial charge in [-0.25, -0.2) is 4.79 Å². The number of carbonyl (C=O) groups is 2. The Balaban J connectivity index is 2.06. The summed E-state index contributed by atoms with van der Waals surface area (Å²) in [4.78, 5) is 22.5. The zero-order valence-electron chi connectivity index (χ0n) is 8.02. The van der Waals surface area contributed by atoms with Gasteiger partial charge in [0.05, 0.1) is 13.2 Å². The minimum atomic E-state index is -0.917. The van der Waals surface area contributed by atoms with E-state index in [9.17, 15) is 9.59 Å². The number of carbonyl (C=O) groups excluding carboxylic acids is 1. The van der Waals surface area contributed by atoms with Crippen LogP contribution in [-0.2, 0) is 9.53 Å². The van der Waals surface area contributed by atoms with E-state index >= 15 is 0 Å². The minimum absolute atomic E-state index is 0.0792. The van der Waals surface area contributed by atoms with Gasteiger partial charge in [0.15, 0.2) is 0 Å². The fraction of sp³-hybridized carbons (Fsp3) is 0.750. The number of amides is 1. The molecule has 6 nitrogen and oxygen atoms in total. The SMILES string of the molecule is CCOC(=O)CNC1CN(C(=O)O)C1. The molecule has 1 aliphatic rings. The Hall–Kier alpha value is -1.30. The number of rotatable bonds is 4. The molecule has 0 aromatic heterocycles. The van der Waals surface area contributed by atoms with E-state index in [0.29, 0.717) is 19.7 Å². The predicted octanol–water partition coefficient (Wildman–Crippen LogP) is -0.499. The Kier molecular flexibility index (Phi) is 3.70. The molecule has 80 valence electrons. The second-order valence-corrected chi connectivity index (χ2v) is 3.07. The summed E-state index contributed by atoms with van der Waals surface area (Å²) in [7, 11) is 0. The third-order valence-electron chi connectivity index (χ3n) is 1.99. The van der Waals surface area contributed by atoms with Gasteiger partial charge in [-0.3, -0.25) is 4.79 Å². The Morgan fingerprint density at radius 3 is 2.71 bits per heavy atom. The van der Waals surface area contributed by atoms with E-state index in [0.717, 1.165) is 0 Å². The number of hydrogen-bond donors (Lipinski definition) is 2. The van der Waals surface area contributed by atoms with Gasteiger partial charge in [-0.15, -0.1) is 0 Å². The third-order valence-corrected chi connectivity index (χ3v) is 1.99. The summed E-state index contributed by atoms with van der Waals surface area (Å²) in [5, 5.41) is 11.4. The van der Waals surface area contributed by atoms with Gasteiger partial charge in [-0.05, 0) is 6.92 Å². The van der Waals surface area contributed by atoms with Crippen LogP contribution >= 0.6 is 0 Å². The molecule has 0 aliphatic carbocycles. The number of carboxylic acid groups (broad SMARTS) is 1. The van der Waals surface area contributed by atoms with E-state index in [1.54, 1.807) is 6.92 Å². The maximum absolute atomic E-state index is 10.9. The summed E-state index contributed by atoms with van der Waals surface area (Å²) in [5.41, 5.74) is 0. The van der Waals surface area contributed by atoms with Crippen LogP contribution in [0.5, 0.6) is 0 Å². The summed E-state index contributed by atoms with van der Waals surface area (Å²) in [5.74, 6) is -0.304. The van der Waals surface area contributed by atoms with Gasteiger partial charge >= 0.3 is 12.1 Å². The van der Waals surface area contributed by atoms with Crippen molar-refractivity contribution in [3.05, 3.63) is 0 Å². The average Bonchev–Trinajstić information content (AvgIpc) is 2.01. The molecule has 0 bridgehead atoms. The van der Waals surface area contributed by atoms with Crippen molar-refractivity contribution in [2.24, 2.45) is 0 Å². The fourth-order valence-corrected chi connectivity index (χ4v) is 1.20. The van der Waals surface area contributed by atoms with E-state index in [2.05, 4.69) is 5.32 Å². The first-order valence-electron chi connectivity index (χ1n) is 4.50. The maximum Gasteiger partial charge on any atom is 0.407 e. The monoisotopic (exact) mass is 202 g/mol. The predicted molar refractivity (Wildman–Crippen MR) is 48.0 cm³/mol. The smallest absolute Gasteiger partial charge is 0.407 e. The van der Waals surface area contributed by atoms with Crippen LogP contribution in [-0.4, -0.2) is 54.4 Å². The van der Waals surface area contributed by atoms with Crippen LogP contribution in [0.25, 0.3) is 0 Å². The van der Waals surface area contributed by atoms with Crippen LogP contribution in [0.3, 0.4) is 0 Å². The number of nitrogens with one attached hydrogen (secondary N) is 1. The highest BCUT2D eigenvalue weighted by Gasteiger charge is 2.30. The van der Waals surface area contributed by atoms with Crippen LogP contribution in [0.2, 0.25) is 0 Å². The van der Waals surface area contributed by atoms with Crippen molar-refractivity contribution in [3.8, 4) is 0 Å². The van der Waals surface area contributed by atoms with Crippen molar-refractivity contribution < 1.29 is 19.4 Å². The summed E-state index contributed by atoms with van der Waals surface area (Å²) in [6, 6.07) is 0.0792. The number of likely N-dealkylation sites (tertiary alicyclic amines) is 1. The lowest BCUT2D eigenvalue weighted by Gasteiger charge is -2.37. The van der Waals surface area contributed by atoms with Gasteiger partial charge in [-0.1, -0.05) is 0 Å². The molecular weight excluding hydrogens is 188 g/mol.